The van der Waals surface area contributed by atoms with E-state index in [1.54, 1.807) is 6.20 Å². The molecule has 5 nitrogen and oxygen atoms in total. The van der Waals surface area contributed by atoms with Crippen LogP contribution in [0.15, 0.2) is 191 Å². The summed E-state index contributed by atoms with van der Waals surface area (Å²) in [5.74, 6) is 0.648. The van der Waals surface area contributed by atoms with Gasteiger partial charge < -0.3 is 8.83 Å². The zero-order chi connectivity index (χ0) is 37.9. The minimum Gasteiger partial charge on any atom is -0.456 e. The summed E-state index contributed by atoms with van der Waals surface area (Å²) in [5, 5.41) is 4.36. The lowest BCUT2D eigenvalue weighted by Crippen LogP contribution is -1.98. The number of pyridine rings is 1. The molecule has 11 aromatic rings. The van der Waals surface area contributed by atoms with Crippen LogP contribution in [0.5, 0.6) is 0 Å². The lowest BCUT2D eigenvalue weighted by Gasteiger charge is -2.15. The van der Waals surface area contributed by atoms with E-state index in [1.165, 1.54) is 0 Å². The van der Waals surface area contributed by atoms with Gasteiger partial charge in [0.1, 0.15) is 22.3 Å². The van der Waals surface area contributed by atoms with Crippen molar-refractivity contribution in [2.24, 2.45) is 0 Å². The number of hydrogen-bond acceptors (Lipinski definition) is 5. The molecule has 0 N–H and O–H groups in total. The van der Waals surface area contributed by atoms with Gasteiger partial charge in [0.2, 0.25) is 0 Å². The second-order valence-electron chi connectivity index (χ2n) is 14.5. The van der Waals surface area contributed by atoms with Crippen LogP contribution in [-0.2, 0) is 0 Å². The minimum absolute atomic E-state index is 0.648. The van der Waals surface area contributed by atoms with Crippen molar-refractivity contribution in [1.82, 2.24) is 15.0 Å². The van der Waals surface area contributed by atoms with E-state index in [9.17, 15) is 0 Å². The third-order valence-electron chi connectivity index (χ3n) is 10.9. The first kappa shape index (κ1) is 32.8. The number of furan rings is 2. The van der Waals surface area contributed by atoms with E-state index in [2.05, 4.69) is 139 Å². The van der Waals surface area contributed by atoms with Crippen molar-refractivity contribution in [1.29, 1.82) is 0 Å². The van der Waals surface area contributed by atoms with Crippen molar-refractivity contribution in [3.05, 3.63) is 188 Å². The number of fused-ring (bicyclic) bond motifs is 6. The summed E-state index contributed by atoms with van der Waals surface area (Å²) in [6.45, 7) is 2.13. The number of aromatic nitrogens is 3. The lowest BCUT2D eigenvalue weighted by atomic mass is 9.93. The molecule has 268 valence electrons. The fraction of sp³-hybridized carbons (Fsp3) is 0.0192. The molecule has 0 radical (unpaired) electrons. The molecular weight excluding hydrogens is 699 g/mol. The summed E-state index contributed by atoms with van der Waals surface area (Å²) in [4.78, 5) is 15.1. The first-order valence-corrected chi connectivity index (χ1v) is 19.1. The maximum atomic E-state index is 6.23. The molecular formula is C52H33N3O2. The molecule has 0 aliphatic heterocycles. The molecule has 0 bridgehead atoms. The third kappa shape index (κ3) is 5.76. The first-order chi connectivity index (χ1) is 28.1. The predicted molar refractivity (Wildman–Crippen MR) is 232 cm³/mol. The lowest BCUT2D eigenvalue weighted by molar-refractivity contribution is 0.668. The Morgan fingerprint density at radius 3 is 1.54 bits per heavy atom. The second kappa shape index (κ2) is 13.3. The van der Waals surface area contributed by atoms with Crippen LogP contribution >= 0.6 is 0 Å². The van der Waals surface area contributed by atoms with Gasteiger partial charge in [0.15, 0.2) is 5.82 Å². The molecule has 0 atom stereocenters. The van der Waals surface area contributed by atoms with Gasteiger partial charge in [-0.05, 0) is 107 Å². The van der Waals surface area contributed by atoms with E-state index >= 15 is 0 Å². The van der Waals surface area contributed by atoms with Crippen LogP contribution in [0.25, 0.3) is 111 Å². The average Bonchev–Trinajstić information content (AvgIpc) is 3.84. The van der Waals surface area contributed by atoms with E-state index < -0.39 is 0 Å². The van der Waals surface area contributed by atoms with Gasteiger partial charge in [0, 0.05) is 56.2 Å². The van der Waals surface area contributed by atoms with Crippen LogP contribution in [0, 0.1) is 6.92 Å². The van der Waals surface area contributed by atoms with Gasteiger partial charge in [-0.15, -0.1) is 0 Å². The SMILES string of the molecule is Cc1ccccc1-c1cc(-c2cc(-c3ccc4oc5ccccc5c4c3)cc(-c3ccc4oc5ccccc5c4c3)c2)nc(-c2ccccc2-c2cccnc2)n1. The summed E-state index contributed by atoms with van der Waals surface area (Å²) in [7, 11) is 0. The van der Waals surface area contributed by atoms with Gasteiger partial charge in [-0.2, -0.15) is 0 Å². The number of nitrogens with zero attached hydrogens (tertiary/aromatic N) is 3. The van der Waals surface area contributed by atoms with Crippen LogP contribution in [0.3, 0.4) is 0 Å². The van der Waals surface area contributed by atoms with E-state index in [1.807, 2.05) is 48.7 Å². The van der Waals surface area contributed by atoms with Gasteiger partial charge in [-0.25, -0.2) is 9.97 Å². The molecule has 5 heteroatoms. The van der Waals surface area contributed by atoms with Crippen molar-refractivity contribution in [3.8, 4) is 67.3 Å². The van der Waals surface area contributed by atoms with Gasteiger partial charge in [0.05, 0.1) is 11.4 Å². The predicted octanol–water partition coefficient (Wildman–Crippen LogP) is 14.0. The van der Waals surface area contributed by atoms with Crippen molar-refractivity contribution in [2.75, 3.05) is 0 Å². The summed E-state index contributed by atoms with van der Waals surface area (Å²) in [5.41, 5.74) is 15.6. The highest BCUT2D eigenvalue weighted by Gasteiger charge is 2.18. The molecule has 0 aliphatic carbocycles. The Morgan fingerprint density at radius 2 is 0.912 bits per heavy atom. The Balaban J connectivity index is 1.16. The zero-order valence-electron chi connectivity index (χ0n) is 31.0. The second-order valence-corrected chi connectivity index (χ2v) is 14.5. The Hall–Kier alpha value is -7.63. The Morgan fingerprint density at radius 1 is 0.368 bits per heavy atom. The van der Waals surface area contributed by atoms with E-state index in [0.717, 1.165) is 111 Å². The number of rotatable bonds is 6. The molecule has 4 heterocycles. The zero-order valence-corrected chi connectivity index (χ0v) is 31.0. The van der Waals surface area contributed by atoms with Crippen molar-refractivity contribution in [3.63, 3.8) is 0 Å². The molecule has 0 amide bonds. The van der Waals surface area contributed by atoms with Crippen molar-refractivity contribution >= 4 is 43.9 Å². The highest BCUT2D eigenvalue weighted by atomic mass is 16.3. The highest BCUT2D eigenvalue weighted by molar-refractivity contribution is 6.07. The Kier molecular flexibility index (Phi) is 7.64. The Labute approximate surface area is 328 Å². The summed E-state index contributed by atoms with van der Waals surface area (Å²) in [6, 6.07) is 59.0. The van der Waals surface area contributed by atoms with Crippen LogP contribution in [-0.4, -0.2) is 15.0 Å². The molecule has 0 fully saturated rings. The maximum absolute atomic E-state index is 6.23. The van der Waals surface area contributed by atoms with E-state index in [-0.39, 0.29) is 0 Å². The van der Waals surface area contributed by atoms with E-state index in [0.29, 0.717) is 5.82 Å². The topological polar surface area (TPSA) is 65.0 Å². The van der Waals surface area contributed by atoms with Crippen LogP contribution in [0.4, 0.5) is 0 Å². The van der Waals surface area contributed by atoms with Gasteiger partial charge in [0.25, 0.3) is 0 Å². The van der Waals surface area contributed by atoms with Crippen molar-refractivity contribution in [2.45, 2.75) is 6.92 Å². The number of para-hydroxylation sites is 2. The monoisotopic (exact) mass is 731 g/mol. The molecule has 0 saturated carbocycles. The standard InChI is InChI=1S/C52H33N3O2/c1-32-11-2-3-13-39(32)47-30-46(54-52(55-47)43-17-5-4-14-40(43)35-12-10-24-53-31-35)38-26-36(33-20-22-50-44(28-33)41-15-6-8-18-48(41)56-50)25-37(27-38)34-21-23-51-45(29-34)42-16-7-9-19-49(42)57-51/h2-31H,1H3. The summed E-state index contributed by atoms with van der Waals surface area (Å²) in [6.07, 6.45) is 3.68. The quantitative estimate of drug-likeness (QED) is 0.170. The highest BCUT2D eigenvalue weighted by Crippen LogP contribution is 2.40. The van der Waals surface area contributed by atoms with Crippen LogP contribution < -0.4 is 0 Å². The average molecular weight is 732 g/mol. The molecule has 0 saturated heterocycles. The van der Waals surface area contributed by atoms with Crippen LogP contribution in [0.2, 0.25) is 0 Å². The molecule has 4 aromatic heterocycles. The van der Waals surface area contributed by atoms with Crippen LogP contribution in [0.1, 0.15) is 5.56 Å². The van der Waals surface area contributed by atoms with Crippen molar-refractivity contribution < 1.29 is 8.83 Å². The fourth-order valence-electron chi connectivity index (χ4n) is 8.09. The largest absolute Gasteiger partial charge is 0.456 e. The molecule has 0 spiro atoms. The molecule has 11 rings (SSSR count). The third-order valence-corrected chi connectivity index (χ3v) is 10.9. The number of benzene rings is 7. The van der Waals surface area contributed by atoms with Gasteiger partial charge in [-0.3, -0.25) is 4.98 Å². The first-order valence-electron chi connectivity index (χ1n) is 19.1. The molecule has 7 aromatic carbocycles. The van der Waals surface area contributed by atoms with E-state index in [4.69, 9.17) is 18.8 Å². The normalized spacial score (nSPS) is 11.6. The van der Waals surface area contributed by atoms with Gasteiger partial charge in [-0.1, -0.05) is 103 Å². The maximum Gasteiger partial charge on any atom is 0.161 e. The fourth-order valence-corrected chi connectivity index (χ4v) is 8.09. The summed E-state index contributed by atoms with van der Waals surface area (Å²) < 4.78 is 12.5. The smallest absolute Gasteiger partial charge is 0.161 e. The minimum atomic E-state index is 0.648. The molecule has 0 aliphatic rings. The van der Waals surface area contributed by atoms with Gasteiger partial charge >= 0.3 is 0 Å². The molecule has 57 heavy (non-hydrogen) atoms. The summed E-state index contributed by atoms with van der Waals surface area (Å²) >= 11 is 0. The Bertz CT molecular complexity index is 3190. The number of hydrogen-bond donors (Lipinski definition) is 0. The molecule has 0 unspecified atom stereocenters. The number of aryl methyl sites for hydroxylation is 1.